The van der Waals surface area contributed by atoms with Gasteiger partial charge in [-0.3, -0.25) is 0 Å². The van der Waals surface area contributed by atoms with E-state index in [1.54, 1.807) is 0 Å². The van der Waals surface area contributed by atoms with Gasteiger partial charge in [0, 0.05) is 13.1 Å². The van der Waals surface area contributed by atoms with Gasteiger partial charge in [0.2, 0.25) is 0 Å². The smallest absolute Gasteiger partial charge is 0.142 e. The second-order valence-electron chi connectivity index (χ2n) is 6.58. The molecule has 1 atom stereocenters. The summed E-state index contributed by atoms with van der Waals surface area (Å²) in [5, 5.41) is 3.47. The molecule has 0 aromatic heterocycles. The molecule has 0 bridgehead atoms. The third kappa shape index (κ3) is 3.89. The molecule has 4 nitrogen and oxygen atoms in total. The van der Waals surface area contributed by atoms with Crippen molar-refractivity contribution in [3.63, 3.8) is 0 Å². The lowest BCUT2D eigenvalue weighted by Crippen LogP contribution is -2.43. The molecule has 116 valence electrons. The zero-order valence-electron chi connectivity index (χ0n) is 13.2. The van der Waals surface area contributed by atoms with E-state index in [0.717, 1.165) is 30.4 Å². The highest BCUT2D eigenvalue weighted by Gasteiger charge is 2.23. The van der Waals surface area contributed by atoms with Crippen LogP contribution in [0.3, 0.4) is 0 Å². The van der Waals surface area contributed by atoms with Crippen molar-refractivity contribution in [2.75, 3.05) is 52.1 Å². The molecule has 3 rings (SSSR count). The predicted octanol–water partition coefficient (Wildman–Crippen LogP) is 2.13. The third-order valence-electron chi connectivity index (χ3n) is 4.62. The SMILES string of the molecule is CN1CCC(CN(C)CC2CNc3ccccc3O2)CC1. The minimum atomic E-state index is 0.246. The van der Waals surface area contributed by atoms with Crippen LogP contribution in [0.4, 0.5) is 5.69 Å². The minimum Gasteiger partial charge on any atom is -0.485 e. The highest BCUT2D eigenvalue weighted by molar-refractivity contribution is 5.57. The molecule has 4 heteroatoms. The van der Waals surface area contributed by atoms with E-state index in [1.807, 2.05) is 18.2 Å². The standard InChI is InChI=1S/C17H27N3O/c1-19-9-7-14(8-10-19)12-20(2)13-15-11-18-16-5-3-4-6-17(16)21-15/h3-6,14-15,18H,7-13H2,1-2H3. The first kappa shape index (κ1) is 14.7. The Morgan fingerprint density at radius 2 is 2.00 bits per heavy atom. The third-order valence-corrected chi connectivity index (χ3v) is 4.62. The van der Waals surface area contributed by atoms with E-state index in [2.05, 4.69) is 35.3 Å². The van der Waals surface area contributed by atoms with Crippen molar-refractivity contribution in [3.8, 4) is 5.75 Å². The topological polar surface area (TPSA) is 27.7 Å². The summed E-state index contributed by atoms with van der Waals surface area (Å²) in [6, 6.07) is 8.20. The van der Waals surface area contributed by atoms with Crippen molar-refractivity contribution < 1.29 is 4.74 Å². The Balaban J connectivity index is 1.46. The number of piperidine rings is 1. The van der Waals surface area contributed by atoms with E-state index >= 15 is 0 Å². The summed E-state index contributed by atoms with van der Waals surface area (Å²) in [6.07, 6.45) is 2.90. The lowest BCUT2D eigenvalue weighted by molar-refractivity contribution is 0.123. The van der Waals surface area contributed by atoms with Gasteiger partial charge in [-0.1, -0.05) is 12.1 Å². The first-order chi connectivity index (χ1) is 10.2. The number of hydrogen-bond donors (Lipinski definition) is 1. The molecule has 2 aliphatic heterocycles. The van der Waals surface area contributed by atoms with Gasteiger partial charge in [-0.25, -0.2) is 0 Å². The van der Waals surface area contributed by atoms with Crippen molar-refractivity contribution in [2.24, 2.45) is 5.92 Å². The zero-order valence-corrected chi connectivity index (χ0v) is 13.2. The van der Waals surface area contributed by atoms with E-state index in [9.17, 15) is 0 Å². The van der Waals surface area contributed by atoms with Crippen LogP contribution < -0.4 is 10.1 Å². The van der Waals surface area contributed by atoms with E-state index in [-0.39, 0.29) is 6.10 Å². The summed E-state index contributed by atoms with van der Waals surface area (Å²) in [6.45, 7) is 5.57. The molecular formula is C17H27N3O. The van der Waals surface area contributed by atoms with Gasteiger partial charge in [-0.05, 0) is 58.1 Å². The number of para-hydroxylation sites is 2. The number of likely N-dealkylation sites (tertiary alicyclic amines) is 1. The summed E-state index contributed by atoms with van der Waals surface area (Å²) in [4.78, 5) is 4.87. The summed E-state index contributed by atoms with van der Waals surface area (Å²) < 4.78 is 6.10. The number of likely N-dealkylation sites (N-methyl/N-ethyl adjacent to an activating group) is 1. The second kappa shape index (κ2) is 6.67. The highest BCUT2D eigenvalue weighted by atomic mass is 16.5. The van der Waals surface area contributed by atoms with Crippen molar-refractivity contribution in [1.82, 2.24) is 9.80 Å². The molecule has 2 heterocycles. The number of nitrogens with zero attached hydrogens (tertiary/aromatic N) is 2. The summed E-state index contributed by atoms with van der Waals surface area (Å²) in [7, 11) is 4.45. The summed E-state index contributed by atoms with van der Waals surface area (Å²) >= 11 is 0. The van der Waals surface area contributed by atoms with Crippen LogP contribution >= 0.6 is 0 Å². The average molecular weight is 289 g/mol. The van der Waals surface area contributed by atoms with Crippen LogP contribution in [0.2, 0.25) is 0 Å². The van der Waals surface area contributed by atoms with Crippen LogP contribution in [0.15, 0.2) is 24.3 Å². The fourth-order valence-corrected chi connectivity index (χ4v) is 3.37. The molecule has 1 saturated heterocycles. The number of ether oxygens (including phenoxy) is 1. The van der Waals surface area contributed by atoms with Gasteiger partial charge in [0.15, 0.2) is 0 Å². The molecule has 1 aromatic rings. The molecule has 1 unspecified atom stereocenters. The quantitative estimate of drug-likeness (QED) is 0.919. The van der Waals surface area contributed by atoms with Gasteiger partial charge in [0.05, 0.1) is 12.2 Å². The van der Waals surface area contributed by atoms with Crippen molar-refractivity contribution in [3.05, 3.63) is 24.3 Å². The Morgan fingerprint density at radius 3 is 2.81 bits per heavy atom. The second-order valence-corrected chi connectivity index (χ2v) is 6.58. The molecule has 2 aliphatic rings. The first-order valence-corrected chi connectivity index (χ1v) is 8.07. The van der Waals surface area contributed by atoms with Crippen molar-refractivity contribution in [2.45, 2.75) is 18.9 Å². The fourth-order valence-electron chi connectivity index (χ4n) is 3.37. The number of rotatable bonds is 4. The monoisotopic (exact) mass is 289 g/mol. The molecule has 21 heavy (non-hydrogen) atoms. The predicted molar refractivity (Wildman–Crippen MR) is 87.1 cm³/mol. The zero-order chi connectivity index (χ0) is 14.7. The molecule has 0 spiro atoms. The Bertz CT molecular complexity index is 457. The average Bonchev–Trinajstić information content (AvgIpc) is 2.49. The van der Waals surface area contributed by atoms with Gasteiger partial charge in [-0.2, -0.15) is 0 Å². The lowest BCUT2D eigenvalue weighted by Gasteiger charge is -2.34. The van der Waals surface area contributed by atoms with E-state index < -0.39 is 0 Å². The Kier molecular flexibility index (Phi) is 4.66. The van der Waals surface area contributed by atoms with Gasteiger partial charge >= 0.3 is 0 Å². The summed E-state index contributed by atoms with van der Waals surface area (Å²) in [5.74, 6) is 1.83. The van der Waals surface area contributed by atoms with Gasteiger partial charge < -0.3 is 19.9 Å². The number of fused-ring (bicyclic) bond motifs is 1. The molecule has 0 amide bonds. The maximum absolute atomic E-state index is 6.10. The molecule has 0 radical (unpaired) electrons. The molecule has 1 aromatic carbocycles. The normalized spacial score (nSPS) is 23.5. The minimum absolute atomic E-state index is 0.246. The van der Waals surface area contributed by atoms with Crippen LogP contribution in [-0.2, 0) is 0 Å². The van der Waals surface area contributed by atoms with E-state index in [0.29, 0.717) is 0 Å². The maximum Gasteiger partial charge on any atom is 0.142 e. The largest absolute Gasteiger partial charge is 0.485 e. The maximum atomic E-state index is 6.10. The Hall–Kier alpha value is -1.26. The number of hydrogen-bond acceptors (Lipinski definition) is 4. The van der Waals surface area contributed by atoms with E-state index in [4.69, 9.17) is 4.74 Å². The number of anilines is 1. The number of benzene rings is 1. The molecule has 1 N–H and O–H groups in total. The summed E-state index contributed by atoms with van der Waals surface area (Å²) in [5.41, 5.74) is 1.12. The van der Waals surface area contributed by atoms with E-state index in [1.165, 1.54) is 32.5 Å². The van der Waals surface area contributed by atoms with Crippen LogP contribution in [-0.4, -0.2) is 62.7 Å². The lowest BCUT2D eigenvalue weighted by atomic mass is 9.96. The highest BCUT2D eigenvalue weighted by Crippen LogP contribution is 2.28. The van der Waals surface area contributed by atoms with Crippen molar-refractivity contribution in [1.29, 1.82) is 0 Å². The van der Waals surface area contributed by atoms with Gasteiger partial charge in [-0.15, -0.1) is 0 Å². The molecular weight excluding hydrogens is 262 g/mol. The van der Waals surface area contributed by atoms with Crippen LogP contribution in [0.25, 0.3) is 0 Å². The van der Waals surface area contributed by atoms with Crippen molar-refractivity contribution >= 4 is 5.69 Å². The van der Waals surface area contributed by atoms with Crippen LogP contribution in [0.1, 0.15) is 12.8 Å². The fraction of sp³-hybridized carbons (Fsp3) is 0.647. The molecule has 0 aliphatic carbocycles. The Morgan fingerprint density at radius 1 is 1.24 bits per heavy atom. The Labute approximate surface area is 128 Å². The van der Waals surface area contributed by atoms with Gasteiger partial charge in [0.1, 0.15) is 11.9 Å². The molecule has 0 saturated carbocycles. The number of nitrogens with one attached hydrogen (secondary N) is 1. The van der Waals surface area contributed by atoms with Crippen LogP contribution in [0.5, 0.6) is 5.75 Å². The van der Waals surface area contributed by atoms with Gasteiger partial charge in [0.25, 0.3) is 0 Å². The van der Waals surface area contributed by atoms with Crippen LogP contribution in [0, 0.1) is 5.92 Å². The first-order valence-electron chi connectivity index (χ1n) is 8.07. The molecule has 1 fully saturated rings.